The predicted octanol–water partition coefficient (Wildman–Crippen LogP) is 3.47. The van der Waals surface area contributed by atoms with E-state index in [0.29, 0.717) is 23.2 Å². The second kappa shape index (κ2) is 5.57. The minimum Gasteiger partial charge on any atom is -0.394 e. The van der Waals surface area contributed by atoms with Crippen LogP contribution in [0.15, 0.2) is 40.6 Å². The molecule has 0 atom stereocenters. The molecule has 0 unspecified atom stereocenters. The predicted molar refractivity (Wildman–Crippen MR) is 79.7 cm³/mol. The van der Waals surface area contributed by atoms with Crippen LogP contribution >= 0.6 is 11.8 Å². The number of aromatic nitrogens is 1. The fourth-order valence-electron chi connectivity index (χ4n) is 2.45. The van der Waals surface area contributed by atoms with Gasteiger partial charge in [-0.3, -0.25) is 18.9 Å². The smallest absolute Gasteiger partial charge is 0.262 e. The highest BCUT2D eigenvalue weighted by atomic mass is 32.1. The van der Waals surface area contributed by atoms with Gasteiger partial charge in [0.15, 0.2) is 0 Å². The van der Waals surface area contributed by atoms with Crippen LogP contribution in [-0.2, 0) is 0 Å². The Morgan fingerprint density at radius 1 is 1.19 bits per heavy atom. The molecule has 1 aliphatic rings. The van der Waals surface area contributed by atoms with Gasteiger partial charge in [0.05, 0.1) is 11.1 Å². The number of amides is 2. The first-order valence-corrected chi connectivity index (χ1v) is 7.42. The van der Waals surface area contributed by atoms with E-state index in [1.165, 1.54) is 4.90 Å². The lowest BCUT2D eigenvalue weighted by atomic mass is 9.98. The van der Waals surface area contributed by atoms with E-state index < -0.39 is 0 Å². The van der Waals surface area contributed by atoms with Crippen LogP contribution in [0.1, 0.15) is 34.1 Å². The van der Waals surface area contributed by atoms with Gasteiger partial charge in [-0.25, -0.2) is 0 Å². The van der Waals surface area contributed by atoms with E-state index in [1.807, 2.05) is 19.1 Å². The number of hydrogen-bond donors (Lipinski definition) is 1. The number of H-pyrrole nitrogens is 1. The molecule has 0 radical (unpaired) electrons. The average Bonchev–Trinajstić information content (AvgIpc) is 2.71. The fraction of sp³-hybridized carbons (Fsp3) is 0.200. The highest BCUT2D eigenvalue weighted by Crippen LogP contribution is 2.32. The van der Waals surface area contributed by atoms with Crippen LogP contribution in [0.2, 0.25) is 0 Å². The Morgan fingerprint density at radius 2 is 2.00 bits per heavy atom. The molecule has 2 amide bonds. The molecule has 1 N–H and O–H groups in total. The molecule has 6 heteroatoms. The number of nitrogens with zero attached hydrogens (tertiary/aromatic N) is 1. The highest BCUT2D eigenvalue weighted by molar-refractivity contribution is 6.96. The van der Waals surface area contributed by atoms with Crippen LogP contribution in [0.4, 0.5) is 0 Å². The summed E-state index contributed by atoms with van der Waals surface area (Å²) < 4.78 is 8.09. The minimum atomic E-state index is -0.230. The van der Waals surface area contributed by atoms with Crippen LogP contribution in [0.5, 0.6) is 0 Å². The normalized spacial score (nSPS) is 13.5. The van der Waals surface area contributed by atoms with E-state index in [9.17, 15) is 9.59 Å². The summed E-state index contributed by atoms with van der Waals surface area (Å²) in [5.74, 6) is -0.447. The van der Waals surface area contributed by atoms with Gasteiger partial charge in [0.2, 0.25) is 0 Å². The van der Waals surface area contributed by atoms with Crippen molar-refractivity contribution in [2.75, 3.05) is 6.54 Å². The Balaban J connectivity index is 2.17. The molecule has 2 aromatic rings. The Bertz CT molecular complexity index is 721. The maximum Gasteiger partial charge on any atom is 0.262 e. The van der Waals surface area contributed by atoms with Crippen molar-refractivity contribution in [1.82, 2.24) is 9.27 Å². The van der Waals surface area contributed by atoms with Crippen LogP contribution in [0, 0.1) is 0 Å². The molecule has 108 valence electrons. The number of carbonyl (C=O) groups excluding carboxylic acids is 2. The third-order valence-electron chi connectivity index (χ3n) is 3.36. The van der Waals surface area contributed by atoms with Crippen molar-refractivity contribution < 1.29 is 13.4 Å². The second-order valence-electron chi connectivity index (χ2n) is 4.69. The Kier molecular flexibility index (Phi) is 3.62. The van der Waals surface area contributed by atoms with Gasteiger partial charge in [0.1, 0.15) is 18.1 Å². The lowest BCUT2D eigenvalue weighted by molar-refractivity contribution is 0.0654. The summed E-state index contributed by atoms with van der Waals surface area (Å²) in [6, 6.07) is 7.13. The van der Waals surface area contributed by atoms with Crippen LogP contribution in [0.25, 0.3) is 11.1 Å². The first-order valence-electron chi connectivity index (χ1n) is 6.68. The maximum atomic E-state index is 12.5. The average molecular weight is 302 g/mol. The van der Waals surface area contributed by atoms with E-state index >= 15 is 0 Å². The van der Waals surface area contributed by atoms with Crippen molar-refractivity contribution >= 4 is 23.6 Å². The van der Waals surface area contributed by atoms with Crippen molar-refractivity contribution in [3.63, 3.8) is 0 Å². The van der Waals surface area contributed by atoms with Crippen molar-refractivity contribution in [3.05, 3.63) is 47.9 Å². The molecular formula is C15H14N2O3S. The number of fused-ring (bicyclic) bond motifs is 1. The van der Waals surface area contributed by atoms with Gasteiger partial charge in [-0.15, -0.1) is 0 Å². The highest BCUT2D eigenvalue weighted by Gasteiger charge is 2.36. The quantitative estimate of drug-likeness (QED) is 0.883. The molecule has 0 aliphatic carbocycles. The summed E-state index contributed by atoms with van der Waals surface area (Å²) in [6.45, 7) is 2.38. The van der Waals surface area contributed by atoms with Gasteiger partial charge in [-0.1, -0.05) is 19.1 Å². The van der Waals surface area contributed by atoms with E-state index in [1.54, 1.807) is 24.6 Å². The number of hydrogen-bond acceptors (Lipinski definition) is 4. The largest absolute Gasteiger partial charge is 0.394 e. The maximum absolute atomic E-state index is 12.5. The monoisotopic (exact) mass is 302 g/mol. The van der Waals surface area contributed by atoms with Crippen molar-refractivity contribution in [3.8, 4) is 11.1 Å². The molecular weight excluding hydrogens is 288 g/mol. The van der Waals surface area contributed by atoms with Gasteiger partial charge in [0, 0.05) is 18.3 Å². The van der Waals surface area contributed by atoms with E-state index in [0.717, 1.165) is 23.8 Å². The van der Waals surface area contributed by atoms with E-state index in [2.05, 4.69) is 4.37 Å². The van der Waals surface area contributed by atoms with Crippen LogP contribution in [0.3, 0.4) is 0 Å². The molecule has 0 fully saturated rings. The standard InChI is InChI=1S/C15H14N2O3S/c1-2-8-17-14(18)12-5-3-4-11(13(12)15(17)19)10-6-7-16-21-20-9-10/h3-7,9,16H,2,8H2,1H3. The third-order valence-corrected chi connectivity index (χ3v) is 3.78. The molecule has 1 aliphatic heterocycles. The van der Waals surface area contributed by atoms with Gasteiger partial charge >= 0.3 is 0 Å². The Hall–Kier alpha value is -2.34. The van der Waals surface area contributed by atoms with E-state index in [4.69, 9.17) is 3.85 Å². The zero-order chi connectivity index (χ0) is 14.8. The number of nitrogens with one attached hydrogen (secondary N) is 1. The molecule has 5 nitrogen and oxygen atoms in total. The molecule has 21 heavy (non-hydrogen) atoms. The van der Waals surface area contributed by atoms with Crippen molar-refractivity contribution in [2.45, 2.75) is 13.3 Å². The molecule has 0 bridgehead atoms. The summed E-state index contributed by atoms with van der Waals surface area (Å²) in [5.41, 5.74) is 2.39. The van der Waals surface area contributed by atoms with Gasteiger partial charge in [-0.2, -0.15) is 0 Å². The Morgan fingerprint density at radius 3 is 2.81 bits per heavy atom. The first-order chi connectivity index (χ1) is 10.2. The SMILES string of the molecule is CCCN1C(=O)c2cccc(-c3cc[nH]soc3)c2C1=O. The molecule has 1 aromatic heterocycles. The van der Waals surface area contributed by atoms with Gasteiger partial charge in [0.25, 0.3) is 11.8 Å². The second-order valence-corrected chi connectivity index (χ2v) is 5.29. The van der Waals surface area contributed by atoms with E-state index in [-0.39, 0.29) is 11.8 Å². The zero-order valence-corrected chi connectivity index (χ0v) is 12.3. The lowest BCUT2D eigenvalue weighted by Gasteiger charge is -2.11. The zero-order valence-electron chi connectivity index (χ0n) is 11.5. The molecule has 1 aromatic carbocycles. The van der Waals surface area contributed by atoms with Crippen molar-refractivity contribution in [1.29, 1.82) is 0 Å². The van der Waals surface area contributed by atoms with Crippen LogP contribution < -0.4 is 0 Å². The topological polar surface area (TPSA) is 66.3 Å². The molecule has 2 heterocycles. The first kappa shape index (κ1) is 13.6. The summed E-state index contributed by atoms with van der Waals surface area (Å²) >= 11 is 1.08. The Labute approximate surface area is 125 Å². The number of carbonyl (C=O) groups is 2. The molecule has 0 saturated heterocycles. The molecule has 3 rings (SSSR count). The summed E-state index contributed by atoms with van der Waals surface area (Å²) in [6.07, 6.45) is 4.04. The summed E-state index contributed by atoms with van der Waals surface area (Å²) in [5, 5.41) is 0. The fourth-order valence-corrected chi connectivity index (χ4v) is 2.78. The van der Waals surface area contributed by atoms with Gasteiger partial charge in [-0.05, 0) is 24.1 Å². The van der Waals surface area contributed by atoms with Crippen molar-refractivity contribution in [2.24, 2.45) is 0 Å². The number of aromatic amines is 1. The number of imide groups is 1. The minimum absolute atomic E-state index is 0.217. The number of benzene rings is 1. The van der Waals surface area contributed by atoms with Gasteiger partial charge < -0.3 is 3.85 Å². The summed E-state index contributed by atoms with van der Waals surface area (Å²) in [4.78, 5) is 26.2. The summed E-state index contributed by atoms with van der Waals surface area (Å²) in [7, 11) is 0. The number of rotatable bonds is 3. The molecule has 0 spiro atoms. The third kappa shape index (κ3) is 2.27. The van der Waals surface area contributed by atoms with Crippen LogP contribution in [-0.4, -0.2) is 27.6 Å². The molecule has 0 saturated carbocycles. The lowest BCUT2D eigenvalue weighted by Crippen LogP contribution is -2.30.